The van der Waals surface area contributed by atoms with Crippen molar-refractivity contribution in [3.63, 3.8) is 0 Å². The zero-order chi connectivity index (χ0) is 20.2. The van der Waals surface area contributed by atoms with E-state index in [0.29, 0.717) is 18.7 Å². The van der Waals surface area contributed by atoms with Gasteiger partial charge in [-0.05, 0) is 55.0 Å². The van der Waals surface area contributed by atoms with Crippen LogP contribution in [-0.4, -0.2) is 52.7 Å². The third-order valence-electron chi connectivity index (χ3n) is 6.19. The molecular weight excluding hydrogens is 362 g/mol. The molecule has 4 rings (SSSR count). The summed E-state index contributed by atoms with van der Waals surface area (Å²) in [5.41, 5.74) is 4.58. The number of likely N-dealkylation sites (N-methyl/N-ethyl adjacent to an activating group) is 1. The van der Waals surface area contributed by atoms with Crippen LogP contribution < -0.4 is 5.32 Å². The normalized spacial score (nSPS) is 23.4. The number of amides is 1. The number of pyridine rings is 1. The maximum absolute atomic E-state index is 12.8. The predicted octanol–water partition coefficient (Wildman–Crippen LogP) is 3.23. The number of benzene rings is 1. The van der Waals surface area contributed by atoms with Crippen LogP contribution in [0.15, 0.2) is 54.9 Å². The Morgan fingerprint density at radius 3 is 2.69 bits per heavy atom. The van der Waals surface area contributed by atoms with Gasteiger partial charge in [-0.1, -0.05) is 30.3 Å². The minimum absolute atomic E-state index is 0.00267. The van der Waals surface area contributed by atoms with Crippen molar-refractivity contribution in [1.82, 2.24) is 15.2 Å². The minimum Gasteiger partial charge on any atom is -0.395 e. The molecule has 5 nitrogen and oxygen atoms in total. The van der Waals surface area contributed by atoms with E-state index in [1.165, 1.54) is 29.5 Å². The van der Waals surface area contributed by atoms with Gasteiger partial charge in [0.1, 0.15) is 0 Å². The Bertz CT molecular complexity index is 863. The molecule has 2 heterocycles. The number of aromatic nitrogens is 1. The van der Waals surface area contributed by atoms with Gasteiger partial charge in [0.25, 0.3) is 5.91 Å². The van der Waals surface area contributed by atoms with Crippen LogP contribution in [0, 0.1) is 0 Å². The number of hydrogen-bond donors (Lipinski definition) is 2. The van der Waals surface area contributed by atoms with Gasteiger partial charge >= 0.3 is 0 Å². The molecule has 0 bridgehead atoms. The smallest absolute Gasteiger partial charge is 0.255 e. The van der Waals surface area contributed by atoms with Crippen LogP contribution >= 0.6 is 0 Å². The summed E-state index contributed by atoms with van der Waals surface area (Å²) in [5.74, 6) is 0.194. The molecule has 2 aliphatic rings. The van der Waals surface area contributed by atoms with Gasteiger partial charge in [0.05, 0.1) is 12.2 Å². The van der Waals surface area contributed by atoms with E-state index in [1.807, 2.05) is 11.8 Å². The third-order valence-corrected chi connectivity index (χ3v) is 6.19. The number of nitrogens with one attached hydrogen (secondary N) is 1. The summed E-state index contributed by atoms with van der Waals surface area (Å²) in [5, 5.41) is 13.2. The Balaban J connectivity index is 1.48. The van der Waals surface area contributed by atoms with Crippen molar-refractivity contribution in [2.24, 2.45) is 0 Å². The van der Waals surface area contributed by atoms with E-state index in [9.17, 15) is 9.90 Å². The number of allylic oxidation sites excluding steroid dienone is 2. The molecule has 1 fully saturated rings. The highest BCUT2D eigenvalue weighted by molar-refractivity contribution is 5.93. The number of aliphatic hydroxyl groups excluding tert-OH is 1. The summed E-state index contributed by atoms with van der Waals surface area (Å²) < 4.78 is 0. The Morgan fingerprint density at radius 1 is 1.24 bits per heavy atom. The van der Waals surface area contributed by atoms with E-state index in [2.05, 4.69) is 40.6 Å². The van der Waals surface area contributed by atoms with Crippen LogP contribution in [0.5, 0.6) is 0 Å². The topological polar surface area (TPSA) is 65.5 Å². The molecular formula is C24H29N3O2. The second-order valence-corrected chi connectivity index (χ2v) is 7.92. The molecule has 0 spiro atoms. The van der Waals surface area contributed by atoms with Crippen LogP contribution in [0.4, 0.5) is 0 Å². The lowest BCUT2D eigenvalue weighted by Crippen LogP contribution is -2.65. The van der Waals surface area contributed by atoms with E-state index in [1.54, 1.807) is 24.5 Å². The lowest BCUT2D eigenvalue weighted by Gasteiger charge is -2.47. The molecule has 1 aromatic carbocycles. The average molecular weight is 392 g/mol. The monoisotopic (exact) mass is 391 g/mol. The van der Waals surface area contributed by atoms with Crippen molar-refractivity contribution >= 4 is 11.5 Å². The first-order valence-electron chi connectivity index (χ1n) is 10.6. The molecule has 1 aliphatic carbocycles. The molecule has 5 heteroatoms. The number of carbonyl (C=O) groups excluding carboxylic acids is 1. The Hall–Kier alpha value is -2.50. The number of carbonyl (C=O) groups is 1. The Kier molecular flexibility index (Phi) is 6.07. The molecule has 1 aliphatic heterocycles. The van der Waals surface area contributed by atoms with Gasteiger partial charge in [0, 0.05) is 43.5 Å². The fourth-order valence-electron chi connectivity index (χ4n) is 4.56. The van der Waals surface area contributed by atoms with Crippen LogP contribution in [0.1, 0.15) is 53.6 Å². The van der Waals surface area contributed by atoms with Crippen LogP contribution in [0.25, 0.3) is 5.57 Å². The first-order chi connectivity index (χ1) is 14.2. The maximum Gasteiger partial charge on any atom is 0.255 e. The highest BCUT2D eigenvalue weighted by Crippen LogP contribution is 2.34. The highest BCUT2D eigenvalue weighted by Gasteiger charge is 2.42. The van der Waals surface area contributed by atoms with Gasteiger partial charge in [0.2, 0.25) is 0 Å². The molecule has 1 saturated heterocycles. The summed E-state index contributed by atoms with van der Waals surface area (Å²) in [6.07, 6.45) is 9.21. The highest BCUT2D eigenvalue weighted by atomic mass is 16.3. The van der Waals surface area contributed by atoms with E-state index < -0.39 is 0 Å². The van der Waals surface area contributed by atoms with E-state index in [0.717, 1.165) is 6.42 Å². The standard InChI is InChI=1S/C24H29N3O2/c1-2-27(24(29)20-8-5-13-25-14-20)15-21-23(22(16-28)26-21)19-11-9-18(10-12-19)17-6-3-4-7-17/h5-6,8-14,21-23,26,28H,2-4,7,15-16H2,1H3/t21-,22-,23+/m0/s1. The average Bonchev–Trinajstić information content (AvgIpc) is 3.29. The lowest BCUT2D eigenvalue weighted by molar-refractivity contribution is 0.0641. The fraction of sp³-hybridized carbons (Fsp3) is 0.417. The van der Waals surface area contributed by atoms with Gasteiger partial charge in [0.15, 0.2) is 0 Å². The van der Waals surface area contributed by atoms with Crippen LogP contribution in [0.3, 0.4) is 0 Å². The van der Waals surface area contributed by atoms with E-state index in [-0.39, 0.29) is 30.5 Å². The molecule has 0 radical (unpaired) electrons. The molecule has 3 atom stereocenters. The van der Waals surface area contributed by atoms with Crippen LogP contribution in [0.2, 0.25) is 0 Å². The number of aliphatic hydroxyl groups is 1. The van der Waals surface area contributed by atoms with Crippen molar-refractivity contribution in [3.8, 4) is 0 Å². The third kappa shape index (κ3) is 4.11. The Morgan fingerprint density at radius 2 is 2.07 bits per heavy atom. The van der Waals surface area contributed by atoms with Crippen molar-refractivity contribution in [3.05, 3.63) is 71.6 Å². The maximum atomic E-state index is 12.8. The van der Waals surface area contributed by atoms with E-state index >= 15 is 0 Å². The molecule has 0 unspecified atom stereocenters. The fourth-order valence-corrected chi connectivity index (χ4v) is 4.56. The van der Waals surface area contributed by atoms with Gasteiger partial charge in [-0.25, -0.2) is 0 Å². The number of rotatable bonds is 7. The van der Waals surface area contributed by atoms with Crippen molar-refractivity contribution in [1.29, 1.82) is 0 Å². The SMILES string of the molecule is CCN(C[C@@H]1N[C@@H](CO)[C@@H]1c1ccc(C2=CCCC2)cc1)C(=O)c1cccnc1. The predicted molar refractivity (Wildman–Crippen MR) is 115 cm³/mol. The molecule has 152 valence electrons. The summed E-state index contributed by atoms with van der Waals surface area (Å²) >= 11 is 0. The molecule has 1 amide bonds. The molecule has 0 saturated carbocycles. The molecule has 1 aromatic heterocycles. The lowest BCUT2D eigenvalue weighted by atomic mass is 9.77. The van der Waals surface area contributed by atoms with Crippen molar-refractivity contribution in [2.75, 3.05) is 19.7 Å². The molecule has 29 heavy (non-hydrogen) atoms. The Labute approximate surface area is 172 Å². The molecule has 2 aromatic rings. The second-order valence-electron chi connectivity index (χ2n) is 7.92. The van der Waals surface area contributed by atoms with Gasteiger partial charge in [-0.3, -0.25) is 9.78 Å². The van der Waals surface area contributed by atoms with Gasteiger partial charge < -0.3 is 15.3 Å². The molecule has 2 N–H and O–H groups in total. The number of nitrogens with zero attached hydrogens (tertiary/aromatic N) is 2. The van der Waals surface area contributed by atoms with E-state index in [4.69, 9.17) is 0 Å². The number of hydrogen-bond acceptors (Lipinski definition) is 4. The van der Waals surface area contributed by atoms with Gasteiger partial charge in [-0.2, -0.15) is 0 Å². The zero-order valence-corrected chi connectivity index (χ0v) is 16.9. The summed E-state index contributed by atoms with van der Waals surface area (Å²) in [6.45, 7) is 3.33. The second kappa shape index (κ2) is 8.89. The van der Waals surface area contributed by atoms with Crippen molar-refractivity contribution < 1.29 is 9.90 Å². The van der Waals surface area contributed by atoms with Crippen LogP contribution in [-0.2, 0) is 0 Å². The largest absolute Gasteiger partial charge is 0.395 e. The quantitative estimate of drug-likeness (QED) is 0.761. The van der Waals surface area contributed by atoms with Gasteiger partial charge in [-0.15, -0.1) is 0 Å². The first kappa shape index (κ1) is 19.8. The van der Waals surface area contributed by atoms with Crippen molar-refractivity contribution in [2.45, 2.75) is 44.2 Å². The summed E-state index contributed by atoms with van der Waals surface area (Å²) in [7, 11) is 0. The zero-order valence-electron chi connectivity index (χ0n) is 16.9. The summed E-state index contributed by atoms with van der Waals surface area (Å²) in [4.78, 5) is 18.8. The summed E-state index contributed by atoms with van der Waals surface area (Å²) in [6, 6.07) is 12.5. The minimum atomic E-state index is -0.00267. The first-order valence-corrected chi connectivity index (χ1v) is 10.6.